The molecule has 0 amide bonds. The fourth-order valence-corrected chi connectivity index (χ4v) is 0. The van der Waals surface area contributed by atoms with Crippen LogP contribution in [0.25, 0.3) is 0 Å². The van der Waals surface area contributed by atoms with Gasteiger partial charge in [-0.3, -0.25) is 0 Å². The van der Waals surface area contributed by atoms with E-state index < -0.39 is 0 Å². The summed E-state index contributed by atoms with van der Waals surface area (Å²) in [6.45, 7) is 0. The van der Waals surface area contributed by atoms with Gasteiger partial charge in [0.05, 0.1) is 0 Å². The van der Waals surface area contributed by atoms with Gasteiger partial charge in [0, 0.05) is 0 Å². The van der Waals surface area contributed by atoms with Crippen molar-refractivity contribution in [1.29, 1.82) is 0 Å². The second kappa shape index (κ2) is 222. The summed E-state index contributed by atoms with van der Waals surface area (Å²) in [6, 6.07) is 0. The van der Waals surface area contributed by atoms with Crippen LogP contribution in [0.15, 0.2) is 0 Å². The van der Waals surface area contributed by atoms with Gasteiger partial charge in [-0.15, -0.1) is 0 Å². The van der Waals surface area contributed by atoms with Gasteiger partial charge < -0.3 is 0 Å². The van der Waals surface area contributed by atoms with E-state index in [1.54, 1.807) is 0 Å². The average Bonchev–Trinajstić information content (AvgIpc) is 1.50. The van der Waals surface area contributed by atoms with Crippen molar-refractivity contribution in [2.75, 3.05) is 0 Å². The van der Waals surface area contributed by atoms with Gasteiger partial charge in [-0.1, -0.05) is 14.9 Å². The topological polar surface area (TPSA) is 34.1 Å². The Morgan fingerprint density at radius 3 is 0.667 bits per heavy atom. The first kappa shape index (κ1) is 29.4. The molecule has 0 saturated heterocycles. The zero-order chi connectivity index (χ0) is 4.00. The van der Waals surface area contributed by atoms with E-state index in [-0.39, 0.29) is 14.9 Å². The molecule has 4 heteroatoms. The fourth-order valence-electron chi connectivity index (χ4n) is 0. The minimum absolute atomic E-state index is 0. The SMILES string of the molecule is C.C.[O]=[V].[O]=[V]. The Labute approximate surface area is 57.1 Å². The molecule has 0 aromatic carbocycles. The zero-order valence-electron chi connectivity index (χ0n) is 1.71. The molecule has 0 heterocycles. The first-order valence-electron chi connectivity index (χ1n) is 0.365. The molecule has 0 fully saturated rings. The molecule has 0 aliphatic carbocycles. The number of hydrogen-bond acceptors (Lipinski definition) is 2. The maximum atomic E-state index is 8.19. The van der Waals surface area contributed by atoms with Crippen molar-refractivity contribution in [3.8, 4) is 0 Å². The summed E-state index contributed by atoms with van der Waals surface area (Å²) in [5, 5.41) is 0. The monoisotopic (exact) mass is 166 g/mol. The quantitative estimate of drug-likeness (QED) is 0.538. The molecule has 0 spiro atoms. The van der Waals surface area contributed by atoms with Gasteiger partial charge in [0.1, 0.15) is 0 Å². The third kappa shape index (κ3) is 115. The first-order chi connectivity index (χ1) is 2.00. The molecule has 0 N–H and O–H groups in total. The van der Waals surface area contributed by atoms with E-state index in [1.807, 2.05) is 0 Å². The van der Waals surface area contributed by atoms with Crippen LogP contribution in [0, 0.1) is 0 Å². The summed E-state index contributed by atoms with van der Waals surface area (Å²) in [5.74, 6) is 0. The number of rotatable bonds is 0. The Kier molecular flexibility index (Phi) is 1090. The van der Waals surface area contributed by atoms with Crippen LogP contribution < -0.4 is 0 Å². The Bertz CT molecular complexity index is 11.5. The fraction of sp³-hybridized carbons (Fsp3) is 1.00. The maximum absolute atomic E-state index is 8.19. The van der Waals surface area contributed by atoms with Crippen LogP contribution in [0.2, 0.25) is 0 Å². The molecule has 0 aliphatic heterocycles. The number of hydrogen-bond donors (Lipinski definition) is 0. The Morgan fingerprint density at radius 1 is 0.667 bits per heavy atom. The Hall–Kier alpha value is 0.769. The van der Waals surface area contributed by atoms with Gasteiger partial charge in [-0.2, -0.15) is 0 Å². The zero-order valence-corrected chi connectivity index (χ0v) is 4.50. The average molecular weight is 166 g/mol. The molecular formula is C2H8O2V2. The van der Waals surface area contributed by atoms with E-state index in [1.165, 1.54) is 0 Å². The van der Waals surface area contributed by atoms with Gasteiger partial charge in [-0.25, -0.2) is 0 Å². The normalized spacial score (nSPS) is 1.00. The third-order valence-electron chi connectivity index (χ3n) is 0. The third-order valence-corrected chi connectivity index (χ3v) is 0. The van der Waals surface area contributed by atoms with Crippen LogP contribution in [-0.4, -0.2) is 0 Å². The van der Waals surface area contributed by atoms with Crippen LogP contribution >= 0.6 is 0 Å². The molecule has 0 rings (SSSR count). The molecule has 6 heavy (non-hydrogen) atoms. The Balaban J connectivity index is -0.00000000500. The molecular weight excluding hydrogens is 158 g/mol. The second-order valence-corrected chi connectivity index (χ2v) is 0. The van der Waals surface area contributed by atoms with Crippen molar-refractivity contribution in [3.05, 3.63) is 0 Å². The minimum atomic E-state index is 0. The van der Waals surface area contributed by atoms with E-state index in [2.05, 4.69) is 0 Å². The molecule has 0 unspecified atom stereocenters. The summed E-state index contributed by atoms with van der Waals surface area (Å²) in [5.41, 5.74) is 0. The molecule has 38 valence electrons. The standard InChI is InChI=1S/2CH4.2O.2V/h2*1H4;;;;. The van der Waals surface area contributed by atoms with E-state index in [4.69, 9.17) is 7.35 Å². The predicted octanol–water partition coefficient (Wildman–Crippen LogP) is 1.03. The van der Waals surface area contributed by atoms with Crippen LogP contribution in [0.3, 0.4) is 0 Å². The molecule has 2 nitrogen and oxygen atoms in total. The van der Waals surface area contributed by atoms with Crippen LogP contribution in [0.4, 0.5) is 0 Å². The predicted molar refractivity (Wildman–Crippen MR) is 14.8 cm³/mol. The van der Waals surface area contributed by atoms with Gasteiger partial charge in [0.25, 0.3) is 0 Å². The van der Waals surface area contributed by atoms with Crippen molar-refractivity contribution < 1.29 is 42.1 Å². The van der Waals surface area contributed by atoms with Crippen LogP contribution in [-0.2, 0) is 42.1 Å². The van der Waals surface area contributed by atoms with E-state index in [0.717, 1.165) is 34.7 Å². The van der Waals surface area contributed by atoms with E-state index in [9.17, 15) is 0 Å². The molecule has 0 aromatic rings. The van der Waals surface area contributed by atoms with E-state index >= 15 is 0 Å². The summed E-state index contributed by atoms with van der Waals surface area (Å²) in [6.07, 6.45) is 0. The molecule has 0 saturated carbocycles. The van der Waals surface area contributed by atoms with E-state index in [0.29, 0.717) is 0 Å². The summed E-state index contributed by atoms with van der Waals surface area (Å²) in [7, 11) is 0. The Morgan fingerprint density at radius 2 is 0.667 bits per heavy atom. The van der Waals surface area contributed by atoms with Crippen molar-refractivity contribution >= 4 is 0 Å². The first-order valence-corrected chi connectivity index (χ1v) is 1.51. The van der Waals surface area contributed by atoms with Crippen LogP contribution in [0.1, 0.15) is 14.9 Å². The molecule has 0 radical (unpaired) electrons. The molecule has 0 aliphatic rings. The van der Waals surface area contributed by atoms with Crippen molar-refractivity contribution in [2.45, 2.75) is 14.9 Å². The molecule has 0 bridgehead atoms. The second-order valence-electron chi connectivity index (χ2n) is 0. The molecule has 0 aromatic heterocycles. The van der Waals surface area contributed by atoms with Crippen molar-refractivity contribution in [1.82, 2.24) is 0 Å². The van der Waals surface area contributed by atoms with Crippen molar-refractivity contribution in [3.63, 3.8) is 0 Å². The molecule has 0 atom stereocenters. The van der Waals surface area contributed by atoms with Crippen LogP contribution in [0.5, 0.6) is 0 Å². The summed E-state index contributed by atoms with van der Waals surface area (Å²) >= 11 is 2.12. The van der Waals surface area contributed by atoms with Gasteiger partial charge in [-0.05, 0) is 0 Å². The van der Waals surface area contributed by atoms with Gasteiger partial charge in [0.15, 0.2) is 0 Å². The van der Waals surface area contributed by atoms with Gasteiger partial charge in [0.2, 0.25) is 0 Å². The summed E-state index contributed by atoms with van der Waals surface area (Å²) < 4.78 is 16.4. The summed E-state index contributed by atoms with van der Waals surface area (Å²) in [4.78, 5) is 0. The van der Waals surface area contributed by atoms with Gasteiger partial charge >= 0.3 is 42.1 Å². The van der Waals surface area contributed by atoms with Crippen molar-refractivity contribution in [2.24, 2.45) is 0 Å².